The molecule has 112 valence electrons. The molecule has 0 bridgehead atoms. The molecule has 21 heavy (non-hydrogen) atoms. The van der Waals surface area contributed by atoms with Crippen LogP contribution in [0.3, 0.4) is 0 Å². The Morgan fingerprint density at radius 2 is 1.86 bits per heavy atom. The zero-order valence-corrected chi connectivity index (χ0v) is 14.8. The van der Waals surface area contributed by atoms with Gasteiger partial charge in [0.2, 0.25) is 0 Å². The van der Waals surface area contributed by atoms with Crippen molar-refractivity contribution in [2.24, 2.45) is 0 Å². The lowest BCUT2D eigenvalue weighted by molar-refractivity contribution is 0.529. The second kappa shape index (κ2) is 7.98. The summed E-state index contributed by atoms with van der Waals surface area (Å²) < 4.78 is 1.11. The quantitative estimate of drug-likeness (QED) is 0.692. The molecule has 2 aromatic rings. The average molecular weight is 367 g/mol. The van der Waals surface area contributed by atoms with Crippen molar-refractivity contribution < 1.29 is 0 Å². The van der Waals surface area contributed by atoms with Crippen LogP contribution < -0.4 is 5.32 Å². The summed E-state index contributed by atoms with van der Waals surface area (Å²) >= 11 is 9.76. The molecule has 0 saturated heterocycles. The Labute approximate surface area is 140 Å². The van der Waals surface area contributed by atoms with Crippen molar-refractivity contribution in [1.82, 2.24) is 5.32 Å². The maximum atomic E-state index is 6.28. The van der Waals surface area contributed by atoms with E-state index < -0.39 is 0 Å². The van der Waals surface area contributed by atoms with E-state index in [1.807, 2.05) is 6.92 Å². The van der Waals surface area contributed by atoms with Gasteiger partial charge in [0, 0.05) is 15.5 Å². The summed E-state index contributed by atoms with van der Waals surface area (Å²) in [5, 5.41) is 4.46. The van der Waals surface area contributed by atoms with E-state index in [1.54, 1.807) is 0 Å². The van der Waals surface area contributed by atoms with Crippen molar-refractivity contribution in [3.8, 4) is 0 Å². The first-order chi connectivity index (χ1) is 10.1. The van der Waals surface area contributed by atoms with Crippen LogP contribution in [0, 0.1) is 6.92 Å². The molecule has 0 aliphatic rings. The molecule has 1 nitrogen and oxygen atoms in total. The molecule has 0 aromatic heterocycles. The topological polar surface area (TPSA) is 12.0 Å². The molecular formula is C18H21BrClN. The maximum Gasteiger partial charge on any atom is 0.0438 e. The first-order valence-electron chi connectivity index (χ1n) is 7.34. The van der Waals surface area contributed by atoms with Crippen LogP contribution >= 0.6 is 27.5 Å². The van der Waals surface area contributed by atoms with Gasteiger partial charge in [-0.1, -0.05) is 58.7 Å². The lowest BCUT2D eigenvalue weighted by Gasteiger charge is -2.20. The molecule has 0 heterocycles. The monoisotopic (exact) mass is 365 g/mol. The van der Waals surface area contributed by atoms with Gasteiger partial charge in [-0.15, -0.1) is 0 Å². The van der Waals surface area contributed by atoms with Crippen LogP contribution in [0.4, 0.5) is 0 Å². The summed E-state index contributed by atoms with van der Waals surface area (Å²) in [6.07, 6.45) is 2.09. The van der Waals surface area contributed by atoms with Crippen molar-refractivity contribution in [1.29, 1.82) is 0 Å². The number of aryl methyl sites for hydroxylation is 1. The van der Waals surface area contributed by atoms with E-state index in [2.05, 4.69) is 70.6 Å². The Balaban J connectivity index is 2.20. The number of nitrogens with one attached hydrogen (secondary N) is 1. The number of hydrogen-bond donors (Lipinski definition) is 1. The highest BCUT2D eigenvalue weighted by atomic mass is 79.9. The Kier molecular flexibility index (Phi) is 6.28. The van der Waals surface area contributed by atoms with Crippen molar-refractivity contribution in [2.75, 3.05) is 6.54 Å². The largest absolute Gasteiger partial charge is 0.310 e. The number of benzene rings is 2. The van der Waals surface area contributed by atoms with Gasteiger partial charge in [0.15, 0.2) is 0 Å². The van der Waals surface area contributed by atoms with E-state index in [4.69, 9.17) is 11.6 Å². The van der Waals surface area contributed by atoms with Crippen molar-refractivity contribution in [3.63, 3.8) is 0 Å². The van der Waals surface area contributed by atoms with Crippen LogP contribution in [-0.4, -0.2) is 6.54 Å². The summed E-state index contributed by atoms with van der Waals surface area (Å²) in [5.41, 5.74) is 3.70. The fourth-order valence-electron chi connectivity index (χ4n) is 2.31. The highest BCUT2D eigenvalue weighted by Gasteiger charge is 2.12. The molecule has 0 aliphatic heterocycles. The van der Waals surface area contributed by atoms with Crippen LogP contribution in [0.1, 0.15) is 36.1 Å². The molecule has 0 spiro atoms. The third kappa shape index (κ3) is 4.84. The number of hydrogen-bond acceptors (Lipinski definition) is 1. The molecule has 0 amide bonds. The number of rotatable bonds is 6. The van der Waals surface area contributed by atoms with Crippen LogP contribution in [0.25, 0.3) is 0 Å². The zero-order valence-electron chi connectivity index (χ0n) is 12.5. The molecule has 0 saturated carbocycles. The summed E-state index contributed by atoms with van der Waals surface area (Å²) in [4.78, 5) is 0. The molecule has 1 N–H and O–H groups in total. The fourth-order valence-corrected chi connectivity index (χ4v) is 2.76. The number of halogens is 2. The maximum absolute atomic E-state index is 6.28. The van der Waals surface area contributed by atoms with Gasteiger partial charge in [-0.2, -0.15) is 0 Å². The Morgan fingerprint density at radius 1 is 1.14 bits per heavy atom. The van der Waals surface area contributed by atoms with E-state index in [0.29, 0.717) is 6.04 Å². The summed E-state index contributed by atoms with van der Waals surface area (Å²) in [7, 11) is 0. The summed E-state index contributed by atoms with van der Waals surface area (Å²) in [5.74, 6) is 0. The summed E-state index contributed by atoms with van der Waals surface area (Å²) in [6.45, 7) is 5.23. The minimum Gasteiger partial charge on any atom is -0.310 e. The highest BCUT2D eigenvalue weighted by Crippen LogP contribution is 2.24. The molecular weight excluding hydrogens is 346 g/mol. The van der Waals surface area contributed by atoms with Crippen molar-refractivity contribution in [3.05, 3.63) is 68.7 Å². The van der Waals surface area contributed by atoms with Gasteiger partial charge in [-0.3, -0.25) is 0 Å². The van der Waals surface area contributed by atoms with Crippen LogP contribution in [0.5, 0.6) is 0 Å². The third-order valence-corrected chi connectivity index (χ3v) is 4.53. The van der Waals surface area contributed by atoms with Gasteiger partial charge in [-0.05, 0) is 61.2 Å². The smallest absolute Gasteiger partial charge is 0.0438 e. The lowest BCUT2D eigenvalue weighted by atomic mass is 9.98. The summed E-state index contributed by atoms with van der Waals surface area (Å²) in [6, 6.07) is 15.2. The minimum atomic E-state index is 0.296. The van der Waals surface area contributed by atoms with Gasteiger partial charge in [-0.25, -0.2) is 0 Å². The second-order valence-electron chi connectivity index (χ2n) is 5.35. The molecule has 3 heteroatoms. The van der Waals surface area contributed by atoms with Gasteiger partial charge >= 0.3 is 0 Å². The van der Waals surface area contributed by atoms with Crippen LogP contribution in [-0.2, 0) is 6.42 Å². The van der Waals surface area contributed by atoms with Crippen molar-refractivity contribution in [2.45, 2.75) is 32.7 Å². The highest BCUT2D eigenvalue weighted by molar-refractivity contribution is 9.10. The predicted octanol–water partition coefficient (Wildman–Crippen LogP) is 5.69. The second-order valence-corrected chi connectivity index (χ2v) is 6.67. The van der Waals surface area contributed by atoms with Gasteiger partial charge in [0.25, 0.3) is 0 Å². The molecule has 0 aliphatic carbocycles. The lowest BCUT2D eigenvalue weighted by Crippen LogP contribution is -2.24. The standard InChI is InChI=1S/C18H21BrClN/c1-3-10-21-18(11-14-5-8-16(19)9-6-14)15-7-4-13(2)17(20)12-15/h4-9,12,18,21H,3,10-11H2,1-2H3. The first kappa shape index (κ1) is 16.5. The van der Waals surface area contributed by atoms with Crippen molar-refractivity contribution >= 4 is 27.5 Å². The van der Waals surface area contributed by atoms with Crippen LogP contribution in [0.15, 0.2) is 46.9 Å². The SMILES string of the molecule is CCCNC(Cc1ccc(Br)cc1)c1ccc(C)c(Cl)c1. The first-order valence-corrected chi connectivity index (χ1v) is 8.51. The molecule has 0 radical (unpaired) electrons. The van der Waals surface area contributed by atoms with Crippen LogP contribution in [0.2, 0.25) is 5.02 Å². The van der Waals surface area contributed by atoms with E-state index in [0.717, 1.165) is 34.4 Å². The molecule has 1 atom stereocenters. The Bertz CT molecular complexity index is 580. The van der Waals surface area contributed by atoms with Gasteiger partial charge < -0.3 is 5.32 Å². The van der Waals surface area contributed by atoms with E-state index in [1.165, 1.54) is 11.1 Å². The molecule has 2 aromatic carbocycles. The van der Waals surface area contributed by atoms with E-state index in [-0.39, 0.29) is 0 Å². The Morgan fingerprint density at radius 3 is 2.48 bits per heavy atom. The minimum absolute atomic E-state index is 0.296. The normalized spacial score (nSPS) is 12.4. The predicted molar refractivity (Wildman–Crippen MR) is 95.1 cm³/mol. The van der Waals surface area contributed by atoms with E-state index >= 15 is 0 Å². The van der Waals surface area contributed by atoms with Gasteiger partial charge in [0.05, 0.1) is 0 Å². The molecule has 1 unspecified atom stereocenters. The Hall–Kier alpha value is -0.830. The average Bonchev–Trinajstić information content (AvgIpc) is 2.48. The zero-order chi connectivity index (χ0) is 15.2. The fraction of sp³-hybridized carbons (Fsp3) is 0.333. The van der Waals surface area contributed by atoms with Gasteiger partial charge in [0.1, 0.15) is 0 Å². The molecule has 0 fully saturated rings. The molecule has 2 rings (SSSR count). The third-order valence-electron chi connectivity index (χ3n) is 3.59. The van der Waals surface area contributed by atoms with E-state index in [9.17, 15) is 0 Å².